The fourth-order valence-electron chi connectivity index (χ4n) is 3.61. The van der Waals surface area contributed by atoms with E-state index in [1.54, 1.807) is 13.0 Å². The molecule has 1 aliphatic heterocycles. The van der Waals surface area contributed by atoms with Gasteiger partial charge in [0.1, 0.15) is 17.3 Å². The van der Waals surface area contributed by atoms with Gasteiger partial charge in [0, 0.05) is 11.1 Å². The Morgan fingerprint density at radius 3 is 2.33 bits per heavy atom. The van der Waals surface area contributed by atoms with Crippen LogP contribution in [0.3, 0.4) is 0 Å². The number of carbonyl (C=O) groups excluding carboxylic acids is 1. The first kappa shape index (κ1) is 18.0. The van der Waals surface area contributed by atoms with Gasteiger partial charge in [-0.3, -0.25) is 4.79 Å². The van der Waals surface area contributed by atoms with Crippen molar-refractivity contribution in [2.24, 2.45) is 0 Å². The normalized spacial score (nSPS) is 12.6. The minimum absolute atomic E-state index is 0.0499. The van der Waals surface area contributed by atoms with Crippen molar-refractivity contribution in [3.63, 3.8) is 0 Å². The lowest BCUT2D eigenvalue weighted by Crippen LogP contribution is -2.25. The summed E-state index contributed by atoms with van der Waals surface area (Å²) in [7, 11) is 0. The summed E-state index contributed by atoms with van der Waals surface area (Å²) in [5.41, 5.74) is 2.04. The highest BCUT2D eigenvalue weighted by molar-refractivity contribution is 5.99. The molecule has 1 aromatic heterocycles. The summed E-state index contributed by atoms with van der Waals surface area (Å²) in [6.07, 6.45) is 0. The number of hydrogen-bond acceptors (Lipinski definition) is 5. The highest BCUT2D eigenvalue weighted by atomic mass is 19.1. The molecular weight excluding hydrogens is 385 g/mol. The van der Waals surface area contributed by atoms with Crippen molar-refractivity contribution < 1.29 is 13.9 Å². The molecule has 7 nitrogen and oxygen atoms in total. The van der Waals surface area contributed by atoms with E-state index in [4.69, 9.17) is 4.74 Å². The van der Waals surface area contributed by atoms with Gasteiger partial charge in [-0.1, -0.05) is 36.4 Å². The summed E-state index contributed by atoms with van der Waals surface area (Å²) < 4.78 is 21.9. The molecule has 1 aliphatic rings. The number of aryl methyl sites for hydroxylation is 1. The zero-order chi connectivity index (χ0) is 20.7. The van der Waals surface area contributed by atoms with Gasteiger partial charge in [0.2, 0.25) is 5.91 Å². The van der Waals surface area contributed by atoms with Crippen LogP contribution < -0.4 is 10.1 Å². The van der Waals surface area contributed by atoms with Gasteiger partial charge in [-0.2, -0.15) is 4.68 Å². The number of halogens is 1. The van der Waals surface area contributed by atoms with E-state index in [9.17, 15) is 9.18 Å². The predicted molar refractivity (Wildman–Crippen MR) is 107 cm³/mol. The summed E-state index contributed by atoms with van der Waals surface area (Å²) in [6.45, 7) is 1.73. The fraction of sp³-hybridized carbons (Fsp3) is 0.0909. The third-order valence-electron chi connectivity index (χ3n) is 5.02. The van der Waals surface area contributed by atoms with Crippen molar-refractivity contribution in [2.45, 2.75) is 12.8 Å². The number of rotatable bonds is 3. The molecule has 1 N–H and O–H groups in total. The second-order valence-electron chi connectivity index (χ2n) is 6.90. The van der Waals surface area contributed by atoms with Gasteiger partial charge in [0.25, 0.3) is 0 Å². The molecule has 148 valence electrons. The molecule has 8 heteroatoms. The standard InChI is InChI=1S/C22H16FN5O2/c1-13-25-26-27-28(13)14-10-11-17(23)18(12-14)24-22(29)21-15-6-2-4-8-19(15)30-20-9-5-3-7-16(20)21/h2-12,21H,1H3,(H,24,29). The number of anilines is 1. The van der Waals surface area contributed by atoms with Crippen LogP contribution in [-0.4, -0.2) is 26.1 Å². The van der Waals surface area contributed by atoms with E-state index in [1.807, 2.05) is 48.5 Å². The molecule has 3 aromatic carbocycles. The number of nitrogens with one attached hydrogen (secondary N) is 1. The van der Waals surface area contributed by atoms with Crippen LogP contribution in [-0.2, 0) is 4.79 Å². The zero-order valence-corrected chi connectivity index (χ0v) is 15.9. The summed E-state index contributed by atoms with van der Waals surface area (Å²) in [5, 5.41) is 14.1. The number of amides is 1. The van der Waals surface area contributed by atoms with Crippen molar-refractivity contribution in [2.75, 3.05) is 5.32 Å². The summed E-state index contributed by atoms with van der Waals surface area (Å²) in [6, 6.07) is 19.0. The minimum Gasteiger partial charge on any atom is -0.457 e. The maximum atomic E-state index is 14.5. The van der Waals surface area contributed by atoms with Crippen LogP contribution in [0.15, 0.2) is 66.7 Å². The van der Waals surface area contributed by atoms with Gasteiger partial charge in [0.05, 0.1) is 17.3 Å². The van der Waals surface area contributed by atoms with Gasteiger partial charge >= 0.3 is 0 Å². The molecule has 0 atom stereocenters. The molecule has 4 aromatic rings. The molecular formula is C22H16FN5O2. The van der Waals surface area contributed by atoms with Crippen molar-refractivity contribution in [3.05, 3.63) is 89.5 Å². The lowest BCUT2D eigenvalue weighted by Gasteiger charge is -2.27. The Labute approximate surface area is 171 Å². The number of para-hydroxylation sites is 2. The summed E-state index contributed by atoms with van der Waals surface area (Å²) in [5.74, 6) is 0.217. The molecule has 0 saturated carbocycles. The monoisotopic (exact) mass is 401 g/mol. The number of benzene rings is 3. The molecule has 2 heterocycles. The van der Waals surface area contributed by atoms with E-state index in [0.29, 0.717) is 23.0 Å². The smallest absolute Gasteiger partial charge is 0.236 e. The van der Waals surface area contributed by atoms with Crippen LogP contribution in [0.25, 0.3) is 5.69 Å². The number of ether oxygens (including phenoxy) is 1. The van der Waals surface area contributed by atoms with E-state index < -0.39 is 11.7 Å². The van der Waals surface area contributed by atoms with E-state index in [2.05, 4.69) is 20.8 Å². The summed E-state index contributed by atoms with van der Waals surface area (Å²) >= 11 is 0. The third-order valence-corrected chi connectivity index (χ3v) is 5.02. The van der Waals surface area contributed by atoms with Crippen molar-refractivity contribution >= 4 is 11.6 Å². The average Bonchev–Trinajstić information content (AvgIpc) is 3.19. The Morgan fingerprint density at radius 1 is 1.03 bits per heavy atom. The molecule has 0 unspecified atom stereocenters. The molecule has 1 amide bonds. The van der Waals surface area contributed by atoms with Crippen molar-refractivity contribution in [3.8, 4) is 17.2 Å². The Kier molecular flexibility index (Phi) is 4.24. The number of hydrogen-bond donors (Lipinski definition) is 1. The topological polar surface area (TPSA) is 81.9 Å². The first-order chi connectivity index (χ1) is 14.6. The highest BCUT2D eigenvalue weighted by Gasteiger charge is 2.32. The third kappa shape index (κ3) is 2.98. The van der Waals surface area contributed by atoms with Crippen LogP contribution in [0.2, 0.25) is 0 Å². The predicted octanol–water partition coefficient (Wildman–Crippen LogP) is 3.99. The Morgan fingerprint density at radius 2 is 1.70 bits per heavy atom. The van der Waals surface area contributed by atoms with Crippen LogP contribution >= 0.6 is 0 Å². The first-order valence-corrected chi connectivity index (χ1v) is 9.33. The maximum absolute atomic E-state index is 14.5. The fourth-order valence-corrected chi connectivity index (χ4v) is 3.61. The lowest BCUT2D eigenvalue weighted by atomic mass is 9.87. The van der Waals surface area contributed by atoms with Gasteiger partial charge in [-0.15, -0.1) is 5.10 Å². The van der Waals surface area contributed by atoms with E-state index in [0.717, 1.165) is 11.1 Å². The minimum atomic E-state index is -0.635. The van der Waals surface area contributed by atoms with Crippen LogP contribution in [0, 0.1) is 12.7 Å². The average molecular weight is 401 g/mol. The van der Waals surface area contributed by atoms with E-state index in [-0.39, 0.29) is 11.6 Å². The Balaban J connectivity index is 1.53. The second-order valence-corrected chi connectivity index (χ2v) is 6.90. The van der Waals surface area contributed by atoms with Gasteiger partial charge in [0.15, 0.2) is 5.82 Å². The molecule has 0 radical (unpaired) electrons. The molecule has 0 aliphatic carbocycles. The quantitative estimate of drug-likeness (QED) is 0.561. The van der Waals surface area contributed by atoms with Crippen LogP contribution in [0.1, 0.15) is 22.9 Å². The Bertz CT molecular complexity index is 1220. The highest BCUT2D eigenvalue weighted by Crippen LogP contribution is 2.44. The lowest BCUT2D eigenvalue weighted by molar-refractivity contribution is -0.116. The molecule has 5 rings (SSSR count). The maximum Gasteiger partial charge on any atom is 0.236 e. The van der Waals surface area contributed by atoms with Gasteiger partial charge in [-0.25, -0.2) is 4.39 Å². The number of nitrogens with zero attached hydrogens (tertiary/aromatic N) is 4. The van der Waals surface area contributed by atoms with Crippen molar-refractivity contribution in [1.29, 1.82) is 0 Å². The molecule has 0 fully saturated rings. The van der Waals surface area contributed by atoms with Gasteiger partial charge < -0.3 is 10.1 Å². The Hall–Kier alpha value is -4.07. The van der Waals surface area contributed by atoms with E-state index >= 15 is 0 Å². The number of fused-ring (bicyclic) bond motifs is 2. The molecule has 0 saturated heterocycles. The second kappa shape index (κ2) is 7.07. The molecule has 0 spiro atoms. The van der Waals surface area contributed by atoms with Crippen molar-refractivity contribution in [1.82, 2.24) is 20.2 Å². The first-order valence-electron chi connectivity index (χ1n) is 9.33. The van der Waals surface area contributed by atoms with Crippen LogP contribution in [0.5, 0.6) is 11.5 Å². The SMILES string of the molecule is Cc1nnnn1-c1ccc(F)c(NC(=O)C2c3ccccc3Oc3ccccc32)c1. The van der Waals surface area contributed by atoms with E-state index in [1.165, 1.54) is 16.8 Å². The summed E-state index contributed by atoms with van der Waals surface area (Å²) in [4.78, 5) is 13.3. The van der Waals surface area contributed by atoms with Crippen LogP contribution in [0.4, 0.5) is 10.1 Å². The largest absolute Gasteiger partial charge is 0.457 e. The molecule has 0 bridgehead atoms. The molecule has 30 heavy (non-hydrogen) atoms. The number of carbonyl (C=O) groups is 1. The zero-order valence-electron chi connectivity index (χ0n) is 15.9. The number of aromatic nitrogens is 4. The van der Waals surface area contributed by atoms with Gasteiger partial charge in [-0.05, 0) is 47.7 Å². The number of tetrazole rings is 1.